The summed E-state index contributed by atoms with van der Waals surface area (Å²) in [6.07, 6.45) is 10.0. The largest absolute Gasteiger partial charge is 0.393 e. The summed E-state index contributed by atoms with van der Waals surface area (Å²) in [5, 5.41) is 29.6. The minimum Gasteiger partial charge on any atom is -0.393 e. The summed E-state index contributed by atoms with van der Waals surface area (Å²) in [7, 11) is 0. The first-order chi connectivity index (χ1) is 19.7. The molecule has 3 aromatic rings. The average Bonchev–Trinajstić information content (AvgIpc) is 3.48. The number of hydrogen-bond acceptors (Lipinski definition) is 6. The van der Waals surface area contributed by atoms with Crippen LogP contribution in [-0.4, -0.2) is 48.2 Å². The number of para-hydroxylation sites is 1. The number of aryl methyl sites for hydroxylation is 1. The van der Waals surface area contributed by atoms with Gasteiger partial charge in [0.05, 0.1) is 34.5 Å². The van der Waals surface area contributed by atoms with Gasteiger partial charge in [-0.05, 0) is 104 Å². The Morgan fingerprint density at radius 1 is 1.15 bits per heavy atom. The number of nitrogens with zero attached hydrogens (tertiary/aromatic N) is 3. The van der Waals surface area contributed by atoms with E-state index in [2.05, 4.69) is 60.8 Å². The van der Waals surface area contributed by atoms with E-state index in [0.29, 0.717) is 12.8 Å². The number of hydrogen-bond donors (Lipinski definition) is 2. The van der Waals surface area contributed by atoms with Crippen LogP contribution in [0, 0.1) is 35.5 Å². The molecule has 4 aliphatic rings. The number of benzene rings is 1. The lowest BCUT2D eigenvalue weighted by Gasteiger charge is -2.60. The molecule has 7 atom stereocenters. The number of rotatable bonds is 5. The lowest BCUT2D eigenvalue weighted by molar-refractivity contribution is -0.177. The highest BCUT2D eigenvalue weighted by atomic mass is 32.2. The molecule has 1 aromatic carbocycles. The van der Waals surface area contributed by atoms with Gasteiger partial charge in [0.15, 0.2) is 5.78 Å². The van der Waals surface area contributed by atoms with Gasteiger partial charge in [-0.2, -0.15) is 5.10 Å². The lowest BCUT2D eigenvalue weighted by atomic mass is 9.45. The van der Waals surface area contributed by atoms with Crippen molar-refractivity contribution in [3.05, 3.63) is 77.3 Å². The van der Waals surface area contributed by atoms with Gasteiger partial charge >= 0.3 is 0 Å². The molecular weight excluding hydrogens is 530 g/mol. The number of fused-ring (bicyclic) bond motifs is 6. The highest BCUT2D eigenvalue weighted by Gasteiger charge is 2.68. The monoisotopic (exact) mass is 569 g/mol. The first-order valence-corrected chi connectivity index (χ1v) is 16.0. The fraction of sp³-hybridized carbons (Fsp3) is 0.500. The van der Waals surface area contributed by atoms with E-state index in [1.807, 2.05) is 24.4 Å². The summed E-state index contributed by atoms with van der Waals surface area (Å²) in [4.78, 5) is 18.0. The van der Waals surface area contributed by atoms with Gasteiger partial charge < -0.3 is 10.2 Å². The third-order valence-electron chi connectivity index (χ3n) is 11.4. The molecule has 3 saturated carbocycles. The van der Waals surface area contributed by atoms with Crippen LogP contribution in [0.15, 0.2) is 65.5 Å². The number of carbonyl (C=O) groups excluding carboxylic acids is 1. The zero-order valence-corrected chi connectivity index (χ0v) is 24.9. The Morgan fingerprint density at radius 3 is 2.73 bits per heavy atom. The number of allylic oxidation sites excluding steroid dienone is 1. The van der Waals surface area contributed by atoms with Gasteiger partial charge in [0, 0.05) is 11.6 Å². The Kier molecular flexibility index (Phi) is 6.38. The minimum atomic E-state index is -1.42. The summed E-state index contributed by atoms with van der Waals surface area (Å²) in [6.45, 7) is 6.53. The van der Waals surface area contributed by atoms with Gasteiger partial charge in [-0.3, -0.25) is 4.79 Å². The number of Topliss-reactive ketones (excluding diaryl/α,β-unsaturated/α-hetero) is 1. The van der Waals surface area contributed by atoms with Crippen LogP contribution >= 0.6 is 11.8 Å². The van der Waals surface area contributed by atoms with Gasteiger partial charge in [0.2, 0.25) is 0 Å². The standard InChI is InChI=1S/C34H39N3O3S/c1-21-8-4-5-9-26(21)37-27-16-23-11-12-24-25-13-14-34(40,29(39)20-41-30-10-6-7-15-35-30)33(25,3)18-28(38)31(24)32(23,2)17-22(27)19-36-37/h4-10,15-16,19,24-25,28,31,38,40H,11-14,17-18,20H2,1-3H3/t24?,25?,28-,31?,32?,33?,34-/m0/s1. The first kappa shape index (κ1) is 27.1. The van der Waals surface area contributed by atoms with Crippen LogP contribution in [0.1, 0.15) is 62.8 Å². The molecule has 0 spiro atoms. The van der Waals surface area contributed by atoms with E-state index in [1.165, 1.54) is 28.5 Å². The van der Waals surface area contributed by atoms with Crippen molar-refractivity contribution in [2.45, 2.75) is 76.0 Å². The number of pyridine rings is 1. The number of aliphatic hydroxyl groups is 2. The molecular formula is C34H39N3O3S. The van der Waals surface area contributed by atoms with Crippen LogP contribution in [0.25, 0.3) is 11.8 Å². The Balaban J connectivity index is 1.17. The summed E-state index contributed by atoms with van der Waals surface area (Å²) in [5.74, 6) is 0.634. The molecule has 7 heteroatoms. The van der Waals surface area contributed by atoms with Gasteiger partial charge in [-0.15, -0.1) is 0 Å². The van der Waals surface area contributed by atoms with Crippen LogP contribution in [0.4, 0.5) is 0 Å². The van der Waals surface area contributed by atoms with E-state index in [9.17, 15) is 15.0 Å². The average molecular weight is 570 g/mol. The van der Waals surface area contributed by atoms with Crippen molar-refractivity contribution in [3.63, 3.8) is 0 Å². The molecule has 2 aromatic heterocycles. The van der Waals surface area contributed by atoms with Crippen molar-refractivity contribution < 1.29 is 15.0 Å². The van der Waals surface area contributed by atoms with Crippen LogP contribution in [0.5, 0.6) is 0 Å². The number of ketones is 1. The van der Waals surface area contributed by atoms with Crippen molar-refractivity contribution in [1.29, 1.82) is 0 Å². The van der Waals surface area contributed by atoms with Crippen molar-refractivity contribution in [2.75, 3.05) is 5.75 Å². The van der Waals surface area contributed by atoms with Gasteiger partial charge in [0.1, 0.15) is 5.60 Å². The Morgan fingerprint density at radius 2 is 1.95 bits per heavy atom. The van der Waals surface area contributed by atoms with E-state index < -0.39 is 17.1 Å². The van der Waals surface area contributed by atoms with Crippen molar-refractivity contribution in [3.8, 4) is 5.69 Å². The lowest BCUT2D eigenvalue weighted by Crippen LogP contribution is -2.62. The summed E-state index contributed by atoms with van der Waals surface area (Å²) in [6, 6.07) is 14.0. The van der Waals surface area contributed by atoms with Crippen LogP contribution < -0.4 is 0 Å². The van der Waals surface area contributed by atoms with Crippen LogP contribution in [0.2, 0.25) is 0 Å². The summed E-state index contributed by atoms with van der Waals surface area (Å²) < 4.78 is 2.07. The zero-order valence-electron chi connectivity index (χ0n) is 24.1. The quantitative estimate of drug-likeness (QED) is 0.377. The van der Waals surface area contributed by atoms with Crippen molar-refractivity contribution in [1.82, 2.24) is 14.8 Å². The smallest absolute Gasteiger partial charge is 0.175 e. The van der Waals surface area contributed by atoms with Gasteiger partial charge in [-0.25, -0.2) is 9.67 Å². The molecule has 2 N–H and O–H groups in total. The number of aliphatic hydroxyl groups excluding tert-OH is 1. The maximum atomic E-state index is 13.6. The second-order valence-electron chi connectivity index (χ2n) is 13.3. The van der Waals surface area contributed by atoms with E-state index >= 15 is 0 Å². The number of carbonyl (C=O) groups is 1. The highest BCUT2D eigenvalue weighted by Crippen LogP contribution is 2.67. The molecule has 4 aliphatic carbocycles. The molecule has 0 aliphatic heterocycles. The second kappa shape index (κ2) is 9.65. The predicted octanol–water partition coefficient (Wildman–Crippen LogP) is 5.82. The molecule has 2 heterocycles. The molecule has 5 unspecified atom stereocenters. The third-order valence-corrected chi connectivity index (χ3v) is 12.3. The SMILES string of the molecule is Cc1ccccc1-n1ncc2c1C=C1CCC3C([C@@H](O)CC4(C)C3CC[C@]4(O)C(=O)CSc3ccccn3)C1(C)C2. The molecule has 0 saturated heterocycles. The molecule has 3 fully saturated rings. The number of aromatic nitrogens is 3. The zero-order chi connectivity index (χ0) is 28.6. The normalized spacial score (nSPS) is 35.6. The van der Waals surface area contributed by atoms with E-state index in [1.54, 1.807) is 6.20 Å². The molecule has 41 heavy (non-hydrogen) atoms. The maximum Gasteiger partial charge on any atom is 0.175 e. The topological polar surface area (TPSA) is 88.2 Å². The molecule has 0 radical (unpaired) electrons. The van der Waals surface area contributed by atoms with Crippen molar-refractivity contribution in [2.24, 2.45) is 28.6 Å². The first-order valence-electron chi connectivity index (χ1n) is 15.0. The van der Waals surface area contributed by atoms with Crippen molar-refractivity contribution >= 4 is 23.6 Å². The fourth-order valence-corrected chi connectivity index (χ4v) is 10.2. The fourth-order valence-electron chi connectivity index (χ4n) is 9.33. The number of thioether (sulfide) groups is 1. The molecule has 0 amide bonds. The Hall–Kier alpha value is -2.74. The predicted molar refractivity (Wildman–Crippen MR) is 161 cm³/mol. The Bertz CT molecular complexity index is 1530. The van der Waals surface area contributed by atoms with E-state index in [0.717, 1.165) is 42.1 Å². The summed E-state index contributed by atoms with van der Waals surface area (Å²) >= 11 is 1.39. The third kappa shape index (κ3) is 3.95. The second-order valence-corrected chi connectivity index (χ2v) is 14.3. The van der Waals surface area contributed by atoms with E-state index in [-0.39, 0.29) is 34.7 Å². The minimum absolute atomic E-state index is 0.0934. The van der Waals surface area contributed by atoms with Gasteiger partial charge in [-0.1, -0.05) is 55.4 Å². The van der Waals surface area contributed by atoms with Crippen LogP contribution in [-0.2, 0) is 11.2 Å². The Labute approximate surface area is 246 Å². The van der Waals surface area contributed by atoms with Crippen LogP contribution in [0.3, 0.4) is 0 Å². The molecule has 7 rings (SSSR count). The highest BCUT2D eigenvalue weighted by molar-refractivity contribution is 7.99. The maximum absolute atomic E-state index is 13.6. The summed E-state index contributed by atoms with van der Waals surface area (Å²) in [5.41, 5.74) is 3.86. The van der Waals surface area contributed by atoms with E-state index in [4.69, 9.17) is 5.10 Å². The molecule has 0 bridgehead atoms. The molecule has 6 nitrogen and oxygen atoms in total. The van der Waals surface area contributed by atoms with Gasteiger partial charge in [0.25, 0.3) is 0 Å². The molecule has 214 valence electrons.